The van der Waals surface area contributed by atoms with E-state index in [1.807, 2.05) is 72.8 Å². The van der Waals surface area contributed by atoms with E-state index in [4.69, 9.17) is 0 Å². The molecule has 3 aromatic carbocycles. The molecule has 0 saturated carbocycles. The summed E-state index contributed by atoms with van der Waals surface area (Å²) in [6.45, 7) is 2.08. The third-order valence-corrected chi connectivity index (χ3v) is 3.11. The summed E-state index contributed by atoms with van der Waals surface area (Å²) in [5.74, 6) is 0. The van der Waals surface area contributed by atoms with Crippen molar-refractivity contribution in [3.8, 4) is 11.1 Å². The number of rotatable bonds is 2. The second-order valence-corrected chi connectivity index (χ2v) is 4.73. The summed E-state index contributed by atoms with van der Waals surface area (Å²) in [7, 11) is 0. The smallest absolute Gasteiger partial charge is 0.150 e. The van der Waals surface area contributed by atoms with Crippen LogP contribution >= 0.6 is 9.90 Å². The van der Waals surface area contributed by atoms with E-state index in [0.717, 1.165) is 23.0 Å². The van der Waals surface area contributed by atoms with Crippen LogP contribution in [0.4, 0.5) is 0 Å². The van der Waals surface area contributed by atoms with Gasteiger partial charge in [0.05, 0.1) is 0 Å². The Morgan fingerprint density at radius 1 is 0.682 bits per heavy atom. The SMILES string of the molecule is Cc1ccccc1.O=Cc1ccccc1-c1ccccc1.P. The quantitative estimate of drug-likeness (QED) is 0.468. The number of hydrogen-bond donors (Lipinski definition) is 0. The zero-order valence-corrected chi connectivity index (χ0v) is 14.2. The van der Waals surface area contributed by atoms with Gasteiger partial charge in [0.2, 0.25) is 0 Å². The number of hydrogen-bond acceptors (Lipinski definition) is 1. The minimum absolute atomic E-state index is 0. The molecule has 0 aliphatic heterocycles. The fraction of sp³-hybridized carbons (Fsp3) is 0.0500. The first-order chi connectivity index (χ1) is 10.3. The summed E-state index contributed by atoms with van der Waals surface area (Å²) in [5, 5.41) is 0. The Labute approximate surface area is 135 Å². The van der Waals surface area contributed by atoms with Gasteiger partial charge in [0.1, 0.15) is 0 Å². The van der Waals surface area contributed by atoms with E-state index in [-0.39, 0.29) is 9.90 Å². The van der Waals surface area contributed by atoms with E-state index in [1.165, 1.54) is 5.56 Å². The molecule has 1 unspecified atom stereocenters. The predicted octanol–water partition coefficient (Wildman–Crippen LogP) is 5.22. The highest BCUT2D eigenvalue weighted by molar-refractivity contribution is 6.92. The van der Waals surface area contributed by atoms with Crippen LogP contribution in [0.25, 0.3) is 11.1 Å². The number of carbonyl (C=O) groups excluding carboxylic acids is 1. The molecule has 0 bridgehead atoms. The molecule has 0 spiro atoms. The van der Waals surface area contributed by atoms with Gasteiger partial charge in [0.25, 0.3) is 0 Å². The van der Waals surface area contributed by atoms with E-state index < -0.39 is 0 Å². The number of carbonyl (C=O) groups is 1. The summed E-state index contributed by atoms with van der Waals surface area (Å²) in [4.78, 5) is 10.8. The van der Waals surface area contributed by atoms with Crippen LogP contribution in [0.15, 0.2) is 84.9 Å². The molecule has 0 aliphatic carbocycles. The lowest BCUT2D eigenvalue weighted by atomic mass is 10.0. The van der Waals surface area contributed by atoms with Gasteiger partial charge in [0, 0.05) is 5.56 Å². The molecule has 3 rings (SSSR count). The predicted molar refractivity (Wildman–Crippen MR) is 99.5 cm³/mol. The molecule has 0 heterocycles. The van der Waals surface area contributed by atoms with Crippen LogP contribution in [-0.2, 0) is 0 Å². The molecule has 0 aromatic heterocycles. The molecule has 0 aliphatic rings. The van der Waals surface area contributed by atoms with Crippen LogP contribution in [0.3, 0.4) is 0 Å². The minimum atomic E-state index is 0. The molecule has 22 heavy (non-hydrogen) atoms. The fourth-order valence-electron chi connectivity index (χ4n) is 2.01. The molecular formula is C20H21OP. The third-order valence-electron chi connectivity index (χ3n) is 3.11. The molecule has 0 radical (unpaired) electrons. The maximum Gasteiger partial charge on any atom is 0.150 e. The van der Waals surface area contributed by atoms with Gasteiger partial charge in [-0.1, -0.05) is 90.5 Å². The van der Waals surface area contributed by atoms with Crippen LogP contribution in [0.1, 0.15) is 15.9 Å². The summed E-state index contributed by atoms with van der Waals surface area (Å²) >= 11 is 0. The zero-order valence-electron chi connectivity index (χ0n) is 12.8. The van der Waals surface area contributed by atoms with Gasteiger partial charge in [-0.2, -0.15) is 9.90 Å². The first-order valence-corrected chi connectivity index (χ1v) is 6.92. The molecule has 0 saturated heterocycles. The van der Waals surface area contributed by atoms with Gasteiger partial charge < -0.3 is 0 Å². The Bertz CT molecular complexity index is 678. The van der Waals surface area contributed by atoms with E-state index in [9.17, 15) is 4.79 Å². The maximum absolute atomic E-state index is 10.8. The van der Waals surface area contributed by atoms with Gasteiger partial charge in [0.15, 0.2) is 6.29 Å². The molecule has 1 nitrogen and oxygen atoms in total. The van der Waals surface area contributed by atoms with Crippen LogP contribution in [0.5, 0.6) is 0 Å². The van der Waals surface area contributed by atoms with Crippen molar-refractivity contribution < 1.29 is 4.79 Å². The van der Waals surface area contributed by atoms with Crippen LogP contribution in [-0.4, -0.2) is 6.29 Å². The van der Waals surface area contributed by atoms with Crippen molar-refractivity contribution in [2.24, 2.45) is 0 Å². The van der Waals surface area contributed by atoms with E-state index in [1.54, 1.807) is 0 Å². The van der Waals surface area contributed by atoms with Gasteiger partial charge in [-0.15, -0.1) is 0 Å². The van der Waals surface area contributed by atoms with Gasteiger partial charge in [-0.3, -0.25) is 4.79 Å². The van der Waals surface area contributed by atoms with Crippen molar-refractivity contribution in [1.82, 2.24) is 0 Å². The average Bonchev–Trinajstić information content (AvgIpc) is 2.57. The van der Waals surface area contributed by atoms with Crippen LogP contribution in [0, 0.1) is 6.92 Å². The second-order valence-electron chi connectivity index (χ2n) is 4.73. The van der Waals surface area contributed by atoms with Crippen molar-refractivity contribution in [3.05, 3.63) is 96.1 Å². The second kappa shape index (κ2) is 9.65. The lowest BCUT2D eigenvalue weighted by Gasteiger charge is -2.03. The lowest BCUT2D eigenvalue weighted by Crippen LogP contribution is -1.85. The number of aryl methyl sites for hydroxylation is 1. The molecule has 1 atom stereocenters. The maximum atomic E-state index is 10.8. The Hall–Kier alpha value is -2.24. The number of benzene rings is 3. The number of aldehydes is 1. The highest BCUT2D eigenvalue weighted by atomic mass is 31.0. The van der Waals surface area contributed by atoms with Gasteiger partial charge in [-0.05, 0) is 18.1 Å². The Kier molecular flexibility index (Phi) is 7.81. The molecule has 0 fully saturated rings. The van der Waals surface area contributed by atoms with E-state index in [0.29, 0.717) is 0 Å². The minimum Gasteiger partial charge on any atom is -0.298 e. The van der Waals surface area contributed by atoms with Crippen molar-refractivity contribution in [3.63, 3.8) is 0 Å². The van der Waals surface area contributed by atoms with E-state index in [2.05, 4.69) is 19.1 Å². The van der Waals surface area contributed by atoms with Gasteiger partial charge in [-0.25, -0.2) is 0 Å². The molecule has 2 heteroatoms. The fourth-order valence-corrected chi connectivity index (χ4v) is 2.01. The highest BCUT2D eigenvalue weighted by Crippen LogP contribution is 2.21. The largest absolute Gasteiger partial charge is 0.298 e. The topological polar surface area (TPSA) is 17.1 Å². The standard InChI is InChI=1S/C13H10O.C7H8.H3P/c14-10-12-8-4-5-9-13(12)11-6-2-1-3-7-11;1-7-5-3-2-4-6-7;/h1-10H;2-6H,1H3;1H3. The monoisotopic (exact) mass is 308 g/mol. The zero-order chi connectivity index (χ0) is 14.9. The highest BCUT2D eigenvalue weighted by Gasteiger charge is 2.01. The third kappa shape index (κ3) is 5.27. The summed E-state index contributed by atoms with van der Waals surface area (Å²) < 4.78 is 0. The molecule has 3 aromatic rings. The lowest BCUT2D eigenvalue weighted by molar-refractivity contribution is 0.112. The van der Waals surface area contributed by atoms with E-state index >= 15 is 0 Å². The van der Waals surface area contributed by atoms with Gasteiger partial charge >= 0.3 is 0 Å². The van der Waals surface area contributed by atoms with Crippen molar-refractivity contribution in [2.45, 2.75) is 6.92 Å². The molecular weight excluding hydrogens is 287 g/mol. The van der Waals surface area contributed by atoms with Crippen molar-refractivity contribution >= 4 is 16.2 Å². The van der Waals surface area contributed by atoms with Crippen LogP contribution in [0.2, 0.25) is 0 Å². The molecule has 112 valence electrons. The average molecular weight is 308 g/mol. The Morgan fingerprint density at radius 2 is 1.18 bits per heavy atom. The summed E-state index contributed by atoms with van der Waals surface area (Å²) in [5.41, 5.74) is 4.12. The molecule has 0 N–H and O–H groups in total. The van der Waals surface area contributed by atoms with Crippen LogP contribution < -0.4 is 0 Å². The van der Waals surface area contributed by atoms with Crippen molar-refractivity contribution in [1.29, 1.82) is 0 Å². The first-order valence-electron chi connectivity index (χ1n) is 6.92. The first kappa shape index (κ1) is 17.8. The molecule has 0 amide bonds. The summed E-state index contributed by atoms with van der Waals surface area (Å²) in [6.07, 6.45) is 0.891. The summed E-state index contributed by atoms with van der Waals surface area (Å²) in [6, 6.07) is 27.8. The van der Waals surface area contributed by atoms with Crippen molar-refractivity contribution in [2.75, 3.05) is 0 Å². The normalized spacial score (nSPS) is 8.95. The Morgan fingerprint density at radius 3 is 1.68 bits per heavy atom. The Balaban J connectivity index is 0.000000258.